The minimum Gasteiger partial charge on any atom is -0.481 e. The summed E-state index contributed by atoms with van der Waals surface area (Å²) in [5.41, 5.74) is 4.56. The van der Waals surface area contributed by atoms with Crippen LogP contribution in [0.1, 0.15) is 67.5 Å². The van der Waals surface area contributed by atoms with Crippen molar-refractivity contribution >= 4 is 40.1 Å². The number of pyridine rings is 1. The second-order valence-electron chi connectivity index (χ2n) is 15.8. The average Bonchev–Trinajstić information content (AvgIpc) is 3.79. The number of methoxy groups -OCH3 is 2. The van der Waals surface area contributed by atoms with Gasteiger partial charge in [-0.3, -0.25) is 23.6 Å². The molecule has 12 nitrogen and oxygen atoms in total. The van der Waals surface area contributed by atoms with Crippen LogP contribution in [0.15, 0.2) is 52.1 Å². The molecule has 4 heterocycles. The Morgan fingerprint density at radius 2 is 1.70 bits per heavy atom. The van der Waals surface area contributed by atoms with Gasteiger partial charge in [0.05, 0.1) is 30.4 Å². The van der Waals surface area contributed by atoms with Crippen LogP contribution in [0.3, 0.4) is 0 Å². The molecule has 0 unspecified atom stereocenters. The maximum atomic E-state index is 14.0. The number of benzene rings is 2. The van der Waals surface area contributed by atoms with Crippen LogP contribution in [0.5, 0.6) is 5.88 Å². The molecular weight excluding hydrogens is 756 g/mol. The molecule has 2 fully saturated rings. The summed E-state index contributed by atoms with van der Waals surface area (Å²) in [7, 11) is 5.80. The molecule has 1 N–H and O–H groups in total. The van der Waals surface area contributed by atoms with Crippen LogP contribution in [0.25, 0.3) is 33.4 Å². The third-order valence-electron chi connectivity index (χ3n) is 12.7. The van der Waals surface area contributed by atoms with E-state index in [1.807, 2.05) is 31.2 Å². The lowest BCUT2D eigenvalue weighted by Gasteiger charge is -2.33. The highest BCUT2D eigenvalue weighted by atomic mass is 35.5. The topological polar surface area (TPSA) is 133 Å². The van der Waals surface area contributed by atoms with Crippen molar-refractivity contribution < 1.29 is 23.0 Å². The maximum Gasteiger partial charge on any atom is 0.332 e. The molecule has 57 heavy (non-hydrogen) atoms. The van der Waals surface area contributed by atoms with Crippen molar-refractivity contribution in [3.63, 3.8) is 0 Å². The fourth-order valence-electron chi connectivity index (χ4n) is 9.44. The lowest BCUT2D eigenvalue weighted by molar-refractivity contribution is -0.152. The second kappa shape index (κ2) is 14.6. The van der Waals surface area contributed by atoms with Gasteiger partial charge in [0.1, 0.15) is 11.2 Å². The summed E-state index contributed by atoms with van der Waals surface area (Å²) in [6, 6.07) is 13.3. The standard InChI is InChI=1S/C42H44ClF2N7O5/c1-23-25(8-7-11-29(23)46-34-31-36(49-35(48-34)33(44)45)50(2)40(55)51(3)38(31)53)27-9-6-10-28(32(27)43)30-20-24-21-52(18-12-26(24)37(47-30)56-4)19-17-41-13-15-42(22-41,16-14-41)39(54)57-5/h6-11,20,33H,12-19,21-22H2,1-5H3,(H,46,48,49). The highest BCUT2D eigenvalue weighted by molar-refractivity contribution is 6.36. The Morgan fingerprint density at radius 1 is 0.982 bits per heavy atom. The lowest BCUT2D eigenvalue weighted by atomic mass is 9.80. The van der Waals surface area contributed by atoms with Crippen LogP contribution in [0, 0.1) is 17.8 Å². The number of rotatable bonds is 10. The normalized spacial score (nSPS) is 20.3. The first-order chi connectivity index (χ1) is 27.3. The smallest absolute Gasteiger partial charge is 0.332 e. The molecule has 5 aromatic rings. The first kappa shape index (κ1) is 38.7. The monoisotopic (exact) mass is 799 g/mol. The van der Waals surface area contributed by atoms with Gasteiger partial charge < -0.3 is 14.8 Å². The minimum atomic E-state index is -3.05. The zero-order valence-electron chi connectivity index (χ0n) is 32.5. The summed E-state index contributed by atoms with van der Waals surface area (Å²) < 4.78 is 40.9. The fourth-order valence-corrected chi connectivity index (χ4v) is 9.77. The van der Waals surface area contributed by atoms with E-state index in [0.29, 0.717) is 39.0 Å². The van der Waals surface area contributed by atoms with Gasteiger partial charge in [-0.15, -0.1) is 0 Å². The van der Waals surface area contributed by atoms with Gasteiger partial charge in [-0.05, 0) is 92.7 Å². The van der Waals surface area contributed by atoms with E-state index in [1.54, 1.807) is 19.2 Å². The van der Waals surface area contributed by atoms with Crippen LogP contribution in [0.2, 0.25) is 5.02 Å². The zero-order chi connectivity index (χ0) is 40.4. The Labute approximate surface area is 332 Å². The Kier molecular flexibility index (Phi) is 9.92. The van der Waals surface area contributed by atoms with Gasteiger partial charge >= 0.3 is 11.7 Å². The number of esters is 1. The Bertz CT molecular complexity index is 2570. The molecule has 0 atom stereocenters. The van der Waals surface area contributed by atoms with E-state index in [9.17, 15) is 23.2 Å². The van der Waals surface area contributed by atoms with Gasteiger partial charge in [0.15, 0.2) is 11.5 Å². The van der Waals surface area contributed by atoms with E-state index in [-0.39, 0.29) is 33.7 Å². The van der Waals surface area contributed by atoms with Gasteiger partial charge in [0, 0.05) is 49.6 Å². The number of aromatic nitrogens is 5. The molecule has 2 saturated carbocycles. The molecule has 3 aromatic heterocycles. The molecule has 2 aliphatic carbocycles. The predicted molar refractivity (Wildman–Crippen MR) is 213 cm³/mol. The van der Waals surface area contributed by atoms with Crippen LogP contribution >= 0.6 is 11.6 Å². The van der Waals surface area contributed by atoms with Crippen molar-refractivity contribution in [1.82, 2.24) is 29.0 Å². The van der Waals surface area contributed by atoms with E-state index >= 15 is 0 Å². The van der Waals surface area contributed by atoms with Crippen molar-refractivity contribution in [2.24, 2.45) is 24.9 Å². The number of anilines is 2. The quantitative estimate of drug-likeness (QED) is 0.144. The molecule has 2 aromatic carbocycles. The number of halogens is 3. The van der Waals surface area contributed by atoms with Gasteiger partial charge in [0.25, 0.3) is 12.0 Å². The van der Waals surface area contributed by atoms with Gasteiger partial charge in [-0.1, -0.05) is 41.9 Å². The number of fused-ring (bicyclic) bond motifs is 4. The molecule has 298 valence electrons. The Hall–Kier alpha value is -5.21. The molecule has 0 radical (unpaired) electrons. The third-order valence-corrected chi connectivity index (χ3v) is 13.1. The summed E-state index contributed by atoms with van der Waals surface area (Å²) in [6.07, 6.45) is 3.71. The van der Waals surface area contributed by atoms with E-state index in [1.165, 1.54) is 21.2 Å². The molecule has 15 heteroatoms. The average molecular weight is 800 g/mol. The molecule has 8 rings (SSSR count). The van der Waals surface area contributed by atoms with Crippen molar-refractivity contribution in [1.29, 1.82) is 0 Å². The van der Waals surface area contributed by atoms with Gasteiger partial charge in [-0.2, -0.15) is 0 Å². The highest BCUT2D eigenvalue weighted by Crippen LogP contribution is 2.63. The number of alkyl halides is 2. The summed E-state index contributed by atoms with van der Waals surface area (Å²) >= 11 is 7.25. The molecule has 3 aliphatic rings. The molecule has 0 amide bonds. The predicted octanol–water partition coefficient (Wildman–Crippen LogP) is 7.28. The molecule has 0 spiro atoms. The van der Waals surface area contributed by atoms with Gasteiger partial charge in [-0.25, -0.2) is 28.5 Å². The van der Waals surface area contributed by atoms with Crippen molar-refractivity contribution in [3.05, 3.63) is 90.8 Å². The summed E-state index contributed by atoms with van der Waals surface area (Å²) in [5.74, 6) is -0.439. The number of nitrogens with one attached hydrogen (secondary N) is 1. The second-order valence-corrected chi connectivity index (χ2v) is 16.2. The third kappa shape index (κ3) is 6.56. The summed E-state index contributed by atoms with van der Waals surface area (Å²) in [4.78, 5) is 53.8. The Balaban J connectivity index is 1.09. The first-order valence-corrected chi connectivity index (χ1v) is 19.5. The zero-order valence-corrected chi connectivity index (χ0v) is 33.3. The molecule has 2 bridgehead atoms. The molecule has 0 saturated heterocycles. The first-order valence-electron chi connectivity index (χ1n) is 19.1. The number of carbonyl (C=O) groups is 1. The molecule has 1 aliphatic heterocycles. The fraction of sp³-hybridized carbons (Fsp3) is 0.429. The number of ether oxygens (including phenoxy) is 2. The Morgan fingerprint density at radius 3 is 2.42 bits per heavy atom. The van der Waals surface area contributed by atoms with Crippen LogP contribution < -0.4 is 21.3 Å². The van der Waals surface area contributed by atoms with Gasteiger partial charge in [0.2, 0.25) is 5.88 Å². The number of hydrogen-bond donors (Lipinski definition) is 1. The summed E-state index contributed by atoms with van der Waals surface area (Å²) in [6.45, 7) is 4.43. The molecular formula is C42H44ClF2N7O5. The van der Waals surface area contributed by atoms with E-state index in [4.69, 9.17) is 26.1 Å². The number of hydrogen-bond acceptors (Lipinski definition) is 10. The lowest BCUT2D eigenvalue weighted by Crippen LogP contribution is -2.38. The van der Waals surface area contributed by atoms with E-state index in [2.05, 4.69) is 26.3 Å². The maximum absolute atomic E-state index is 14.0. The number of aryl methyl sites for hydroxylation is 1. The van der Waals surface area contributed by atoms with Crippen LogP contribution in [-0.4, -0.2) is 62.3 Å². The van der Waals surface area contributed by atoms with Crippen molar-refractivity contribution in [3.8, 4) is 28.3 Å². The summed E-state index contributed by atoms with van der Waals surface area (Å²) in [5, 5.41) is 3.45. The van der Waals surface area contributed by atoms with Crippen LogP contribution in [-0.2, 0) is 36.6 Å². The largest absolute Gasteiger partial charge is 0.481 e. The minimum absolute atomic E-state index is 0.0481. The number of carbonyl (C=O) groups excluding carboxylic acids is 1. The van der Waals surface area contributed by atoms with Crippen LogP contribution in [0.4, 0.5) is 20.3 Å². The highest BCUT2D eigenvalue weighted by Gasteiger charge is 2.58. The SMILES string of the molecule is COC(=O)C12CCC(CCN3CCc4c(cc(-c5cccc(-c6cccc(Nc7nc(C(F)F)nc8c7c(=O)n(C)c(=O)n8C)c6C)c5Cl)nc4OC)C3)(CC1)C2. The van der Waals surface area contributed by atoms with E-state index < -0.39 is 23.5 Å². The van der Waals surface area contributed by atoms with Crippen molar-refractivity contribution in [2.75, 3.05) is 32.6 Å². The van der Waals surface area contributed by atoms with E-state index in [0.717, 1.165) is 90.4 Å². The van der Waals surface area contributed by atoms with Crippen molar-refractivity contribution in [2.45, 2.75) is 64.8 Å². The number of nitrogens with zero attached hydrogens (tertiary/aromatic N) is 6.